The fraction of sp³-hybridized carbons (Fsp3) is 0.864. The molecule has 0 bridgehead atoms. The van der Waals surface area contributed by atoms with Crippen LogP contribution in [0.5, 0.6) is 0 Å². The Morgan fingerprint density at radius 3 is 2.07 bits per heavy atom. The van der Waals surface area contributed by atoms with Gasteiger partial charge >= 0.3 is 11.9 Å². The van der Waals surface area contributed by atoms with E-state index in [4.69, 9.17) is 9.84 Å². The molecule has 1 atom stereocenters. The summed E-state index contributed by atoms with van der Waals surface area (Å²) in [6.07, 6.45) is 10.7. The number of carboxylic acids is 1. The Hall–Kier alpha value is -1.59. The summed E-state index contributed by atoms with van der Waals surface area (Å²) in [7, 11) is 0. The molecule has 0 fully saturated rings. The van der Waals surface area contributed by atoms with Gasteiger partial charge in [-0.3, -0.25) is 14.4 Å². The molecule has 0 radical (unpaired) electrons. The molecule has 0 aromatic carbocycles. The van der Waals surface area contributed by atoms with E-state index in [-0.39, 0.29) is 24.4 Å². The van der Waals surface area contributed by atoms with Crippen molar-refractivity contribution in [3.8, 4) is 0 Å². The van der Waals surface area contributed by atoms with Crippen molar-refractivity contribution in [1.29, 1.82) is 0 Å². The quantitative estimate of drug-likeness (QED) is 0.261. The van der Waals surface area contributed by atoms with Gasteiger partial charge < -0.3 is 14.7 Å². The van der Waals surface area contributed by atoms with Crippen molar-refractivity contribution in [2.75, 3.05) is 13.1 Å². The van der Waals surface area contributed by atoms with Crippen LogP contribution >= 0.6 is 0 Å². The average Bonchev–Trinajstić information content (AvgIpc) is 2.62. The maximum absolute atomic E-state index is 11.9. The Morgan fingerprint density at radius 2 is 1.46 bits per heavy atom. The van der Waals surface area contributed by atoms with E-state index in [2.05, 4.69) is 6.92 Å². The Labute approximate surface area is 171 Å². The number of esters is 1. The smallest absolute Gasteiger partial charge is 0.306 e. The highest BCUT2D eigenvalue weighted by Crippen LogP contribution is 2.15. The van der Waals surface area contributed by atoms with Crippen LogP contribution in [0.15, 0.2) is 0 Å². The lowest BCUT2D eigenvalue weighted by Crippen LogP contribution is -2.31. The molecule has 0 aliphatic heterocycles. The Balaban J connectivity index is 4.23. The van der Waals surface area contributed by atoms with E-state index in [0.29, 0.717) is 25.9 Å². The van der Waals surface area contributed by atoms with Crippen molar-refractivity contribution in [2.45, 2.75) is 110 Å². The monoisotopic (exact) mass is 399 g/mol. The van der Waals surface area contributed by atoms with E-state index in [9.17, 15) is 14.4 Å². The van der Waals surface area contributed by atoms with Crippen molar-refractivity contribution in [3.05, 3.63) is 0 Å². The van der Waals surface area contributed by atoms with Crippen molar-refractivity contribution in [2.24, 2.45) is 0 Å². The van der Waals surface area contributed by atoms with E-state index in [1.54, 1.807) is 6.92 Å². The molecule has 0 aromatic heterocycles. The molecular weight excluding hydrogens is 358 g/mol. The zero-order valence-electron chi connectivity index (χ0n) is 18.2. The molecule has 1 N–H and O–H groups in total. The van der Waals surface area contributed by atoms with Crippen LogP contribution in [0.3, 0.4) is 0 Å². The fourth-order valence-electron chi connectivity index (χ4n) is 3.20. The van der Waals surface area contributed by atoms with Crippen LogP contribution in [0.1, 0.15) is 104 Å². The van der Waals surface area contributed by atoms with Crippen LogP contribution in [0.25, 0.3) is 0 Å². The molecule has 164 valence electrons. The zero-order chi connectivity index (χ0) is 21.2. The fourth-order valence-corrected chi connectivity index (χ4v) is 3.20. The van der Waals surface area contributed by atoms with Gasteiger partial charge in [0.15, 0.2) is 0 Å². The van der Waals surface area contributed by atoms with Crippen molar-refractivity contribution in [1.82, 2.24) is 4.90 Å². The summed E-state index contributed by atoms with van der Waals surface area (Å²) in [5, 5.41) is 8.64. The molecule has 0 heterocycles. The Bertz CT molecular complexity index is 439. The first-order chi connectivity index (χ1) is 13.4. The highest BCUT2D eigenvalue weighted by Gasteiger charge is 2.15. The van der Waals surface area contributed by atoms with Gasteiger partial charge in [0, 0.05) is 32.9 Å². The minimum atomic E-state index is -0.751. The standard InChI is InChI=1S/C22H41NO5/c1-4-6-9-14-20(28-22(27)13-5-2)15-12-18-23(19(3)24)17-11-8-7-10-16-21(25)26/h20H,4-18H2,1-3H3,(H,25,26). The minimum absolute atomic E-state index is 0.0459. The van der Waals surface area contributed by atoms with E-state index in [1.165, 1.54) is 0 Å². The number of aliphatic carboxylic acids is 1. The summed E-state index contributed by atoms with van der Waals surface area (Å²) < 4.78 is 5.63. The number of unbranched alkanes of at least 4 members (excludes halogenated alkanes) is 5. The first-order valence-electron chi connectivity index (χ1n) is 11.1. The third-order valence-corrected chi connectivity index (χ3v) is 4.85. The largest absolute Gasteiger partial charge is 0.481 e. The molecule has 0 saturated carbocycles. The number of amides is 1. The zero-order valence-corrected chi connectivity index (χ0v) is 18.2. The summed E-state index contributed by atoms with van der Waals surface area (Å²) in [6, 6.07) is 0. The van der Waals surface area contributed by atoms with Gasteiger partial charge in [0.05, 0.1) is 0 Å². The molecule has 0 rings (SSSR count). The van der Waals surface area contributed by atoms with Gasteiger partial charge in [0.1, 0.15) is 6.10 Å². The number of hydrogen-bond donors (Lipinski definition) is 1. The number of hydrogen-bond acceptors (Lipinski definition) is 4. The van der Waals surface area contributed by atoms with Gasteiger partial charge in [-0.25, -0.2) is 0 Å². The van der Waals surface area contributed by atoms with E-state index in [1.807, 2.05) is 11.8 Å². The lowest BCUT2D eigenvalue weighted by atomic mass is 10.1. The van der Waals surface area contributed by atoms with Gasteiger partial charge in [-0.05, 0) is 44.9 Å². The second-order valence-corrected chi connectivity index (χ2v) is 7.56. The molecule has 6 nitrogen and oxygen atoms in total. The molecule has 28 heavy (non-hydrogen) atoms. The molecule has 1 amide bonds. The first-order valence-corrected chi connectivity index (χ1v) is 11.1. The SMILES string of the molecule is CCCCCC(CCCN(CCCCCCC(=O)O)C(C)=O)OC(=O)CCC. The van der Waals surface area contributed by atoms with Gasteiger partial charge in [0.2, 0.25) is 5.91 Å². The van der Waals surface area contributed by atoms with E-state index < -0.39 is 5.97 Å². The van der Waals surface area contributed by atoms with Crippen LogP contribution in [-0.2, 0) is 19.1 Å². The number of ether oxygens (including phenoxy) is 1. The summed E-state index contributed by atoms with van der Waals surface area (Å²) in [5.41, 5.74) is 0. The molecule has 0 saturated heterocycles. The number of nitrogens with zero attached hydrogens (tertiary/aromatic N) is 1. The Morgan fingerprint density at radius 1 is 0.821 bits per heavy atom. The molecule has 6 heteroatoms. The van der Waals surface area contributed by atoms with Gasteiger partial charge in [-0.2, -0.15) is 0 Å². The van der Waals surface area contributed by atoms with Crippen molar-refractivity contribution in [3.63, 3.8) is 0 Å². The average molecular weight is 400 g/mol. The van der Waals surface area contributed by atoms with Gasteiger partial charge in [-0.1, -0.05) is 39.5 Å². The first kappa shape index (κ1) is 26.4. The summed E-state index contributed by atoms with van der Waals surface area (Å²) in [6.45, 7) is 7.10. The van der Waals surface area contributed by atoms with Crippen LogP contribution < -0.4 is 0 Å². The third kappa shape index (κ3) is 15.5. The second-order valence-electron chi connectivity index (χ2n) is 7.56. The van der Waals surface area contributed by atoms with Crippen LogP contribution in [0.2, 0.25) is 0 Å². The summed E-state index contributed by atoms with van der Waals surface area (Å²) in [4.78, 5) is 36.1. The minimum Gasteiger partial charge on any atom is -0.481 e. The predicted molar refractivity (Wildman–Crippen MR) is 111 cm³/mol. The maximum Gasteiger partial charge on any atom is 0.306 e. The van der Waals surface area contributed by atoms with E-state index in [0.717, 1.165) is 64.2 Å². The molecule has 0 aliphatic rings. The predicted octanol–water partition coefficient (Wildman–Crippen LogP) is 4.94. The highest BCUT2D eigenvalue weighted by atomic mass is 16.5. The molecule has 0 aromatic rings. The number of carbonyl (C=O) groups is 3. The highest BCUT2D eigenvalue weighted by molar-refractivity contribution is 5.73. The molecule has 0 aliphatic carbocycles. The molecular formula is C22H41NO5. The lowest BCUT2D eigenvalue weighted by molar-refractivity contribution is -0.150. The molecule has 0 spiro atoms. The van der Waals surface area contributed by atoms with Gasteiger partial charge in [-0.15, -0.1) is 0 Å². The van der Waals surface area contributed by atoms with E-state index >= 15 is 0 Å². The number of carboxylic acid groups (broad SMARTS) is 1. The normalized spacial score (nSPS) is 11.8. The number of carbonyl (C=O) groups excluding carboxylic acids is 2. The summed E-state index contributed by atoms with van der Waals surface area (Å²) in [5.74, 6) is -0.802. The number of rotatable bonds is 18. The van der Waals surface area contributed by atoms with Crippen molar-refractivity contribution >= 4 is 17.8 Å². The van der Waals surface area contributed by atoms with Crippen LogP contribution in [-0.4, -0.2) is 47.0 Å². The van der Waals surface area contributed by atoms with Crippen molar-refractivity contribution < 1.29 is 24.2 Å². The van der Waals surface area contributed by atoms with Crippen LogP contribution in [0.4, 0.5) is 0 Å². The van der Waals surface area contributed by atoms with Crippen LogP contribution in [0, 0.1) is 0 Å². The topological polar surface area (TPSA) is 83.9 Å². The van der Waals surface area contributed by atoms with Gasteiger partial charge in [0.25, 0.3) is 0 Å². The second kappa shape index (κ2) is 17.5. The maximum atomic E-state index is 11.9. The molecule has 1 unspecified atom stereocenters. The summed E-state index contributed by atoms with van der Waals surface area (Å²) >= 11 is 0. The lowest BCUT2D eigenvalue weighted by Gasteiger charge is -2.23. The Kier molecular flexibility index (Phi) is 16.5. The third-order valence-electron chi connectivity index (χ3n) is 4.85.